The van der Waals surface area contributed by atoms with Gasteiger partial charge in [0.05, 0.1) is 6.54 Å². The monoisotopic (exact) mass is 441 g/mol. The van der Waals surface area contributed by atoms with Crippen LogP contribution in [0.5, 0.6) is 0 Å². The molecule has 32 heavy (non-hydrogen) atoms. The summed E-state index contributed by atoms with van der Waals surface area (Å²) in [7, 11) is 2.11. The van der Waals surface area contributed by atoms with Crippen molar-refractivity contribution in [2.75, 3.05) is 25.0 Å². The van der Waals surface area contributed by atoms with Crippen LogP contribution in [0.1, 0.15) is 25.3 Å². The first kappa shape index (κ1) is 22.4. The largest absolute Gasteiger partial charge is 0.381 e. The highest BCUT2D eigenvalue weighted by Crippen LogP contribution is 2.34. The van der Waals surface area contributed by atoms with E-state index in [-0.39, 0.29) is 12.1 Å². The Bertz CT molecular complexity index is 1010. The predicted molar refractivity (Wildman–Crippen MR) is 119 cm³/mol. The number of halogens is 2. The zero-order valence-corrected chi connectivity index (χ0v) is 18.4. The Morgan fingerprint density at radius 3 is 2.50 bits per heavy atom. The zero-order chi connectivity index (χ0) is 22.7. The number of nitrogens with zero attached hydrogens (tertiary/aromatic N) is 5. The Labute approximate surface area is 187 Å². The molecule has 2 atom stereocenters. The SMILES string of the molecule is C[C@@H](N1CCC(N(C)c2ccccc2)CC1)[C@](O)(Cn1cncn1)c1ccc(F)cc1F. The second kappa shape index (κ2) is 9.34. The zero-order valence-electron chi connectivity index (χ0n) is 18.4. The van der Waals surface area contributed by atoms with Gasteiger partial charge in [-0.1, -0.05) is 24.3 Å². The average Bonchev–Trinajstić information content (AvgIpc) is 3.31. The predicted octanol–water partition coefficient (Wildman–Crippen LogP) is 3.43. The van der Waals surface area contributed by atoms with Gasteiger partial charge in [-0.05, 0) is 38.0 Å². The summed E-state index contributed by atoms with van der Waals surface area (Å²) in [5, 5.41) is 15.9. The third-order valence-electron chi connectivity index (χ3n) is 6.72. The summed E-state index contributed by atoms with van der Waals surface area (Å²) in [6.07, 6.45) is 4.69. The van der Waals surface area contributed by atoms with Gasteiger partial charge in [0, 0.05) is 49.5 Å². The fourth-order valence-electron chi connectivity index (χ4n) is 4.68. The van der Waals surface area contributed by atoms with Crippen LogP contribution in [0.2, 0.25) is 0 Å². The molecular formula is C24H29F2N5O. The van der Waals surface area contributed by atoms with Crippen LogP contribution >= 0.6 is 0 Å². The fraction of sp³-hybridized carbons (Fsp3) is 0.417. The number of likely N-dealkylation sites (tertiary alicyclic amines) is 1. The first-order chi connectivity index (χ1) is 15.4. The molecule has 1 aliphatic heterocycles. The summed E-state index contributed by atoms with van der Waals surface area (Å²) in [5.41, 5.74) is -0.371. The van der Waals surface area contributed by atoms with Crippen LogP contribution in [0.25, 0.3) is 0 Å². The van der Waals surface area contributed by atoms with Gasteiger partial charge in [0.25, 0.3) is 0 Å². The summed E-state index contributed by atoms with van der Waals surface area (Å²) in [6.45, 7) is 3.42. The van der Waals surface area contributed by atoms with E-state index in [1.165, 1.54) is 35.2 Å². The molecule has 1 fully saturated rings. The molecule has 0 unspecified atom stereocenters. The summed E-state index contributed by atoms with van der Waals surface area (Å²) < 4.78 is 29.8. The Hall–Kier alpha value is -2.84. The molecule has 0 saturated carbocycles. The van der Waals surface area contributed by atoms with E-state index in [9.17, 15) is 13.9 Å². The van der Waals surface area contributed by atoms with Crippen LogP contribution in [-0.2, 0) is 12.1 Å². The third-order valence-corrected chi connectivity index (χ3v) is 6.72. The second-order valence-electron chi connectivity index (χ2n) is 8.53. The van der Waals surface area contributed by atoms with Gasteiger partial charge in [-0.2, -0.15) is 5.10 Å². The second-order valence-corrected chi connectivity index (χ2v) is 8.53. The molecule has 1 aromatic heterocycles. The minimum absolute atomic E-state index is 0.0145. The molecule has 170 valence electrons. The number of anilines is 1. The van der Waals surface area contributed by atoms with Crippen molar-refractivity contribution in [3.63, 3.8) is 0 Å². The molecule has 2 aromatic carbocycles. The average molecular weight is 442 g/mol. The van der Waals surface area contributed by atoms with E-state index in [1.54, 1.807) is 0 Å². The normalized spacial score (nSPS) is 18.3. The molecule has 0 radical (unpaired) electrons. The van der Waals surface area contributed by atoms with Crippen molar-refractivity contribution in [1.29, 1.82) is 0 Å². The van der Waals surface area contributed by atoms with Gasteiger partial charge in [0.1, 0.15) is 29.9 Å². The Kier molecular flexibility index (Phi) is 6.53. The van der Waals surface area contributed by atoms with E-state index in [0.717, 1.165) is 32.0 Å². The van der Waals surface area contributed by atoms with Crippen molar-refractivity contribution in [3.8, 4) is 0 Å². The van der Waals surface area contributed by atoms with E-state index >= 15 is 0 Å². The number of aliphatic hydroxyl groups is 1. The van der Waals surface area contributed by atoms with Gasteiger partial charge >= 0.3 is 0 Å². The molecule has 4 rings (SSSR count). The van der Waals surface area contributed by atoms with E-state index in [2.05, 4.69) is 39.1 Å². The summed E-state index contributed by atoms with van der Waals surface area (Å²) in [6, 6.07) is 13.6. The highest BCUT2D eigenvalue weighted by molar-refractivity contribution is 5.46. The Balaban J connectivity index is 1.53. The number of piperidine rings is 1. The molecule has 3 aromatic rings. The molecule has 8 heteroatoms. The molecule has 0 amide bonds. The number of para-hydroxylation sites is 1. The Morgan fingerprint density at radius 2 is 1.88 bits per heavy atom. The topological polar surface area (TPSA) is 57.4 Å². The fourth-order valence-corrected chi connectivity index (χ4v) is 4.68. The van der Waals surface area contributed by atoms with Crippen LogP contribution in [0, 0.1) is 11.6 Å². The highest BCUT2D eigenvalue weighted by Gasteiger charge is 2.43. The minimum Gasteiger partial charge on any atom is -0.381 e. The molecule has 2 heterocycles. The number of hydrogen-bond acceptors (Lipinski definition) is 5. The molecule has 0 bridgehead atoms. The molecule has 0 spiro atoms. The van der Waals surface area contributed by atoms with Gasteiger partial charge in [-0.3, -0.25) is 4.90 Å². The molecule has 1 N–H and O–H groups in total. The van der Waals surface area contributed by atoms with E-state index in [4.69, 9.17) is 0 Å². The van der Waals surface area contributed by atoms with Crippen molar-refractivity contribution in [2.24, 2.45) is 0 Å². The lowest BCUT2D eigenvalue weighted by Gasteiger charge is -2.45. The van der Waals surface area contributed by atoms with Crippen molar-refractivity contribution in [3.05, 3.63) is 78.4 Å². The van der Waals surface area contributed by atoms with Crippen LogP contribution in [0.3, 0.4) is 0 Å². The van der Waals surface area contributed by atoms with Crippen molar-refractivity contribution >= 4 is 5.69 Å². The smallest absolute Gasteiger partial charge is 0.137 e. The molecule has 1 saturated heterocycles. The Morgan fingerprint density at radius 1 is 1.16 bits per heavy atom. The first-order valence-corrected chi connectivity index (χ1v) is 10.9. The number of benzene rings is 2. The van der Waals surface area contributed by atoms with Crippen LogP contribution in [-0.4, -0.2) is 57.0 Å². The maximum Gasteiger partial charge on any atom is 0.137 e. The first-order valence-electron chi connectivity index (χ1n) is 10.9. The maximum absolute atomic E-state index is 14.8. The molecule has 1 aliphatic rings. The lowest BCUT2D eigenvalue weighted by molar-refractivity contribution is -0.0690. The number of rotatable bonds is 7. The lowest BCUT2D eigenvalue weighted by Crippen LogP contribution is -2.55. The molecule has 6 nitrogen and oxygen atoms in total. The van der Waals surface area contributed by atoms with Gasteiger partial charge in [-0.15, -0.1) is 0 Å². The van der Waals surface area contributed by atoms with Crippen LogP contribution in [0.15, 0.2) is 61.2 Å². The maximum atomic E-state index is 14.8. The van der Waals surface area contributed by atoms with E-state index in [1.807, 2.05) is 25.1 Å². The minimum atomic E-state index is -1.61. The van der Waals surface area contributed by atoms with Gasteiger partial charge in [-0.25, -0.2) is 18.4 Å². The molecular weight excluding hydrogens is 412 g/mol. The highest BCUT2D eigenvalue weighted by atomic mass is 19.1. The van der Waals surface area contributed by atoms with Crippen molar-refractivity contribution in [2.45, 2.75) is 44.0 Å². The number of aromatic nitrogens is 3. The van der Waals surface area contributed by atoms with Crippen LogP contribution in [0.4, 0.5) is 14.5 Å². The standard InChI is InChI=1S/C24H29F2N5O/c1-18(30-12-10-21(11-13-30)29(2)20-6-4-3-5-7-20)24(32,15-31-17-27-16-28-31)22-9-8-19(25)14-23(22)26/h3-9,14,16-18,21,32H,10-13,15H2,1-2H3/t18-,24-/m1/s1. The molecule has 0 aliphatic carbocycles. The summed E-state index contributed by atoms with van der Waals surface area (Å²) >= 11 is 0. The van der Waals surface area contributed by atoms with E-state index < -0.39 is 23.3 Å². The quantitative estimate of drug-likeness (QED) is 0.609. The van der Waals surface area contributed by atoms with Gasteiger partial charge in [0.2, 0.25) is 0 Å². The summed E-state index contributed by atoms with van der Waals surface area (Å²) in [5.74, 6) is -1.44. The van der Waals surface area contributed by atoms with Crippen molar-refractivity contribution < 1.29 is 13.9 Å². The van der Waals surface area contributed by atoms with Crippen LogP contribution < -0.4 is 4.90 Å². The van der Waals surface area contributed by atoms with Crippen molar-refractivity contribution in [1.82, 2.24) is 19.7 Å². The summed E-state index contributed by atoms with van der Waals surface area (Å²) in [4.78, 5) is 8.40. The van der Waals surface area contributed by atoms with Gasteiger partial charge < -0.3 is 10.0 Å². The van der Waals surface area contributed by atoms with Gasteiger partial charge in [0.15, 0.2) is 0 Å². The third kappa shape index (κ3) is 4.52. The lowest BCUT2D eigenvalue weighted by atomic mass is 9.84. The number of hydrogen-bond donors (Lipinski definition) is 1. The van der Waals surface area contributed by atoms with E-state index in [0.29, 0.717) is 6.04 Å².